The van der Waals surface area contributed by atoms with Crippen molar-refractivity contribution >= 4 is 5.91 Å². The lowest BCUT2D eigenvalue weighted by Gasteiger charge is -2.23. The highest BCUT2D eigenvalue weighted by molar-refractivity contribution is 5.81. The van der Waals surface area contributed by atoms with Crippen molar-refractivity contribution in [2.24, 2.45) is 5.73 Å². The third-order valence-corrected chi connectivity index (χ3v) is 2.48. The number of rotatable bonds is 4. The maximum absolute atomic E-state index is 11.8. The van der Waals surface area contributed by atoms with Gasteiger partial charge in [-0.2, -0.15) is 0 Å². The summed E-state index contributed by atoms with van der Waals surface area (Å²) in [5, 5.41) is 0. The minimum Gasteiger partial charge on any atom is -0.385 e. The molecule has 0 aliphatic carbocycles. The average molecular weight is 216 g/mol. The molecular weight excluding hydrogens is 196 g/mol. The van der Waals surface area contributed by atoms with Crippen LogP contribution in [0.15, 0.2) is 0 Å². The molecule has 15 heavy (non-hydrogen) atoms. The summed E-state index contributed by atoms with van der Waals surface area (Å²) < 4.78 is 10.2. The van der Waals surface area contributed by atoms with Crippen LogP contribution in [0.2, 0.25) is 0 Å². The topological polar surface area (TPSA) is 64.8 Å². The molecule has 1 saturated heterocycles. The van der Waals surface area contributed by atoms with Crippen molar-refractivity contribution in [3.63, 3.8) is 0 Å². The normalized spacial score (nSPS) is 19.7. The van der Waals surface area contributed by atoms with E-state index in [1.54, 1.807) is 12.0 Å². The van der Waals surface area contributed by atoms with E-state index in [4.69, 9.17) is 15.2 Å². The predicted molar refractivity (Wildman–Crippen MR) is 56.5 cm³/mol. The first-order chi connectivity index (χ1) is 7.25. The number of methoxy groups -OCH3 is 1. The van der Waals surface area contributed by atoms with Crippen molar-refractivity contribution in [2.45, 2.75) is 18.9 Å². The number of nitrogens with two attached hydrogens (primary N) is 1. The van der Waals surface area contributed by atoms with Crippen molar-refractivity contribution in [3.05, 3.63) is 0 Å². The Morgan fingerprint density at radius 2 is 2.33 bits per heavy atom. The summed E-state index contributed by atoms with van der Waals surface area (Å²) >= 11 is 0. The Balaban J connectivity index is 2.35. The quantitative estimate of drug-likeness (QED) is 0.694. The molecule has 1 fully saturated rings. The molecule has 0 spiro atoms. The zero-order chi connectivity index (χ0) is 11.1. The Bertz CT molecular complexity index is 191. The average Bonchev–Trinajstić information content (AvgIpc) is 2.53. The highest BCUT2D eigenvalue weighted by Gasteiger charge is 2.21. The first-order valence-electron chi connectivity index (χ1n) is 5.36. The van der Waals surface area contributed by atoms with Gasteiger partial charge in [0.25, 0.3) is 0 Å². The molecule has 5 heteroatoms. The van der Waals surface area contributed by atoms with Crippen LogP contribution in [0.25, 0.3) is 0 Å². The fourth-order valence-electron chi connectivity index (χ4n) is 1.57. The molecule has 0 bridgehead atoms. The molecular formula is C10H20N2O3. The van der Waals surface area contributed by atoms with E-state index in [0.717, 1.165) is 19.6 Å². The molecule has 1 rings (SSSR count). The van der Waals surface area contributed by atoms with Crippen molar-refractivity contribution in [2.75, 3.05) is 40.0 Å². The van der Waals surface area contributed by atoms with Crippen LogP contribution in [0.1, 0.15) is 12.8 Å². The number of ether oxygens (including phenoxy) is 2. The maximum atomic E-state index is 11.8. The van der Waals surface area contributed by atoms with Crippen molar-refractivity contribution in [1.29, 1.82) is 0 Å². The van der Waals surface area contributed by atoms with E-state index in [9.17, 15) is 4.79 Å². The highest BCUT2D eigenvalue weighted by Crippen LogP contribution is 2.03. The van der Waals surface area contributed by atoms with E-state index in [1.165, 1.54) is 0 Å². The molecule has 1 atom stereocenters. The van der Waals surface area contributed by atoms with Crippen LogP contribution in [0.3, 0.4) is 0 Å². The molecule has 1 aliphatic rings. The zero-order valence-electron chi connectivity index (χ0n) is 9.28. The van der Waals surface area contributed by atoms with Gasteiger partial charge >= 0.3 is 0 Å². The maximum Gasteiger partial charge on any atom is 0.239 e. The largest absolute Gasteiger partial charge is 0.385 e. The Hall–Kier alpha value is -0.650. The van der Waals surface area contributed by atoms with E-state index >= 15 is 0 Å². The smallest absolute Gasteiger partial charge is 0.239 e. The van der Waals surface area contributed by atoms with Gasteiger partial charge in [-0.15, -0.1) is 0 Å². The van der Waals surface area contributed by atoms with Gasteiger partial charge in [0.2, 0.25) is 5.91 Å². The van der Waals surface area contributed by atoms with Gasteiger partial charge in [0.15, 0.2) is 0 Å². The Morgan fingerprint density at radius 1 is 1.53 bits per heavy atom. The van der Waals surface area contributed by atoms with Gasteiger partial charge in [-0.05, 0) is 12.8 Å². The second kappa shape index (κ2) is 6.76. The van der Waals surface area contributed by atoms with Gasteiger partial charge in [-0.1, -0.05) is 0 Å². The molecule has 1 unspecified atom stereocenters. The Kier molecular flexibility index (Phi) is 5.60. The lowest BCUT2D eigenvalue weighted by atomic mass is 10.2. The molecule has 0 aromatic rings. The minimum absolute atomic E-state index is 0.0116. The molecule has 2 N–H and O–H groups in total. The number of hydrogen-bond donors (Lipinski definition) is 1. The van der Waals surface area contributed by atoms with Crippen LogP contribution in [-0.4, -0.2) is 56.9 Å². The van der Waals surface area contributed by atoms with Crippen molar-refractivity contribution in [3.8, 4) is 0 Å². The summed E-state index contributed by atoms with van der Waals surface area (Å²) in [5.74, 6) is 0.0116. The Labute approximate surface area is 90.5 Å². The van der Waals surface area contributed by atoms with Gasteiger partial charge in [0.05, 0.1) is 12.6 Å². The number of nitrogens with zero attached hydrogens (tertiary/aromatic N) is 1. The van der Waals surface area contributed by atoms with E-state index in [0.29, 0.717) is 26.2 Å². The number of hydrogen-bond acceptors (Lipinski definition) is 4. The third kappa shape index (κ3) is 4.15. The van der Waals surface area contributed by atoms with Gasteiger partial charge in [0.1, 0.15) is 0 Å². The summed E-state index contributed by atoms with van der Waals surface area (Å²) in [7, 11) is 1.61. The Morgan fingerprint density at radius 3 is 3.07 bits per heavy atom. The van der Waals surface area contributed by atoms with E-state index < -0.39 is 6.04 Å². The van der Waals surface area contributed by atoms with Crippen LogP contribution >= 0.6 is 0 Å². The predicted octanol–water partition coefficient (Wildman–Crippen LogP) is -0.401. The molecule has 5 nitrogen and oxygen atoms in total. The van der Waals surface area contributed by atoms with Crippen LogP contribution < -0.4 is 5.73 Å². The number of amides is 1. The lowest BCUT2D eigenvalue weighted by molar-refractivity contribution is -0.133. The highest BCUT2D eigenvalue weighted by atomic mass is 16.5. The van der Waals surface area contributed by atoms with Crippen molar-refractivity contribution in [1.82, 2.24) is 4.90 Å². The summed E-state index contributed by atoms with van der Waals surface area (Å²) in [6.45, 7) is 3.27. The fourth-order valence-corrected chi connectivity index (χ4v) is 1.57. The van der Waals surface area contributed by atoms with Crippen LogP contribution in [0.5, 0.6) is 0 Å². The van der Waals surface area contributed by atoms with E-state index in [2.05, 4.69) is 0 Å². The van der Waals surface area contributed by atoms with Crippen LogP contribution in [0, 0.1) is 0 Å². The second-order valence-corrected chi connectivity index (χ2v) is 3.68. The monoisotopic (exact) mass is 216 g/mol. The lowest BCUT2D eigenvalue weighted by Crippen LogP contribution is -2.45. The minimum atomic E-state index is -0.442. The number of carbonyl (C=O) groups is 1. The zero-order valence-corrected chi connectivity index (χ0v) is 9.28. The van der Waals surface area contributed by atoms with Crippen molar-refractivity contribution < 1.29 is 14.3 Å². The molecule has 1 aliphatic heterocycles. The van der Waals surface area contributed by atoms with E-state index in [1.807, 2.05) is 0 Å². The fraction of sp³-hybridized carbons (Fsp3) is 0.900. The summed E-state index contributed by atoms with van der Waals surface area (Å²) in [5.41, 5.74) is 5.77. The van der Waals surface area contributed by atoms with Gasteiger partial charge in [0, 0.05) is 33.4 Å². The van der Waals surface area contributed by atoms with Crippen LogP contribution in [0.4, 0.5) is 0 Å². The second-order valence-electron chi connectivity index (χ2n) is 3.68. The number of carbonyl (C=O) groups excluding carboxylic acids is 1. The molecule has 0 aromatic heterocycles. The standard InChI is InChI=1S/C10H20N2O3/c1-14-7-3-9(11)10(13)12-4-2-6-15-8-5-12/h9H,2-8,11H2,1H3. The third-order valence-electron chi connectivity index (χ3n) is 2.48. The molecule has 0 saturated carbocycles. The van der Waals surface area contributed by atoms with Gasteiger partial charge in [-0.25, -0.2) is 0 Å². The first kappa shape index (κ1) is 12.4. The van der Waals surface area contributed by atoms with E-state index in [-0.39, 0.29) is 5.91 Å². The molecule has 0 radical (unpaired) electrons. The van der Waals surface area contributed by atoms with Gasteiger partial charge in [-0.3, -0.25) is 4.79 Å². The molecule has 1 amide bonds. The molecule has 88 valence electrons. The summed E-state index contributed by atoms with van der Waals surface area (Å²) in [6, 6.07) is -0.442. The summed E-state index contributed by atoms with van der Waals surface area (Å²) in [6.07, 6.45) is 1.47. The molecule has 1 heterocycles. The first-order valence-corrected chi connectivity index (χ1v) is 5.36. The SMILES string of the molecule is COCCC(N)C(=O)N1CCCOCC1. The van der Waals surface area contributed by atoms with Crippen LogP contribution in [-0.2, 0) is 14.3 Å². The van der Waals surface area contributed by atoms with Gasteiger partial charge < -0.3 is 20.1 Å². The summed E-state index contributed by atoms with van der Waals surface area (Å²) in [4.78, 5) is 13.6. The molecule has 0 aromatic carbocycles.